The van der Waals surface area contributed by atoms with Crippen LogP contribution in [-0.2, 0) is 30.8 Å². The lowest BCUT2D eigenvalue weighted by Gasteiger charge is -2.20. The topological polar surface area (TPSA) is 61.0 Å². The van der Waals surface area contributed by atoms with Gasteiger partial charge in [0.1, 0.15) is 11.6 Å². The van der Waals surface area contributed by atoms with Crippen molar-refractivity contribution in [2.75, 3.05) is 26.3 Å². The molecule has 0 aliphatic carbocycles. The van der Waals surface area contributed by atoms with Gasteiger partial charge in [-0.3, -0.25) is 4.90 Å². The van der Waals surface area contributed by atoms with E-state index in [0.717, 1.165) is 82.7 Å². The average Bonchev–Trinajstić information content (AvgIpc) is 3.33. The fourth-order valence-corrected chi connectivity index (χ4v) is 4.27. The largest absolute Gasteiger partial charge is 0.381 e. The van der Waals surface area contributed by atoms with Gasteiger partial charge in [-0.05, 0) is 18.4 Å². The van der Waals surface area contributed by atoms with Crippen LogP contribution in [0.5, 0.6) is 0 Å². The molecule has 3 aromatic rings. The molecule has 5 rings (SSSR count). The third-order valence-corrected chi connectivity index (χ3v) is 5.99. The van der Waals surface area contributed by atoms with Gasteiger partial charge in [0, 0.05) is 57.6 Å². The van der Waals surface area contributed by atoms with Crippen LogP contribution in [0.2, 0.25) is 0 Å². The highest BCUT2D eigenvalue weighted by molar-refractivity contribution is 5.16. The third-order valence-electron chi connectivity index (χ3n) is 5.99. The van der Waals surface area contributed by atoms with Crippen LogP contribution in [0.3, 0.4) is 0 Å². The molecule has 0 bridgehead atoms. The summed E-state index contributed by atoms with van der Waals surface area (Å²) in [5.74, 6) is 3.73. The first kappa shape index (κ1) is 18.5. The number of hydrogen-bond donors (Lipinski definition) is 0. The zero-order valence-corrected chi connectivity index (χ0v) is 16.8. The van der Waals surface area contributed by atoms with Gasteiger partial charge in [0.05, 0.1) is 13.1 Å². The van der Waals surface area contributed by atoms with Crippen molar-refractivity contribution in [3.05, 3.63) is 65.8 Å². The van der Waals surface area contributed by atoms with E-state index in [1.807, 2.05) is 6.20 Å². The lowest BCUT2D eigenvalue weighted by atomic mass is 10.00. The maximum atomic E-state index is 5.48. The molecular formula is C22H28N6O. The summed E-state index contributed by atoms with van der Waals surface area (Å²) in [7, 11) is 0. The van der Waals surface area contributed by atoms with Gasteiger partial charge in [0.15, 0.2) is 5.82 Å². The molecule has 0 atom stereocenters. The van der Waals surface area contributed by atoms with Gasteiger partial charge in [-0.25, -0.2) is 14.6 Å². The van der Waals surface area contributed by atoms with Gasteiger partial charge in [0.25, 0.3) is 0 Å². The van der Waals surface area contributed by atoms with Gasteiger partial charge >= 0.3 is 0 Å². The molecule has 0 saturated carbocycles. The van der Waals surface area contributed by atoms with Crippen molar-refractivity contribution >= 4 is 0 Å². The van der Waals surface area contributed by atoms with E-state index in [1.165, 1.54) is 5.56 Å². The molecule has 4 heterocycles. The Balaban J connectivity index is 1.22. The number of benzene rings is 1. The first-order valence-electron chi connectivity index (χ1n) is 10.6. The smallest absolute Gasteiger partial charge is 0.154 e. The van der Waals surface area contributed by atoms with E-state index in [9.17, 15) is 0 Å². The van der Waals surface area contributed by atoms with Crippen molar-refractivity contribution in [3.8, 4) is 0 Å². The molecule has 2 aromatic heterocycles. The second kappa shape index (κ2) is 8.47. The van der Waals surface area contributed by atoms with Crippen LogP contribution >= 0.6 is 0 Å². The summed E-state index contributed by atoms with van der Waals surface area (Å²) in [6.45, 7) is 6.24. The molecule has 1 aromatic carbocycles. The number of ether oxygens (including phenoxy) is 1. The molecule has 0 N–H and O–H groups in total. The number of nitrogens with zero attached hydrogens (tertiary/aromatic N) is 6. The third kappa shape index (κ3) is 4.26. The molecule has 152 valence electrons. The zero-order chi connectivity index (χ0) is 19.5. The van der Waals surface area contributed by atoms with E-state index < -0.39 is 0 Å². The van der Waals surface area contributed by atoms with Crippen LogP contribution in [0.1, 0.15) is 41.8 Å². The van der Waals surface area contributed by atoms with Crippen molar-refractivity contribution in [1.82, 2.24) is 29.2 Å². The molecule has 2 aliphatic rings. The molecule has 0 unspecified atom stereocenters. The Morgan fingerprint density at radius 3 is 2.72 bits per heavy atom. The summed E-state index contributed by atoms with van der Waals surface area (Å²) >= 11 is 0. The average molecular weight is 393 g/mol. The van der Waals surface area contributed by atoms with E-state index >= 15 is 0 Å². The predicted molar refractivity (Wildman–Crippen MR) is 110 cm³/mol. The Hall–Kier alpha value is -2.51. The molecule has 7 nitrogen and oxygen atoms in total. The van der Waals surface area contributed by atoms with Crippen LogP contribution in [-0.4, -0.2) is 55.5 Å². The number of rotatable bonds is 5. The molecule has 1 fully saturated rings. The molecule has 0 spiro atoms. The normalized spacial score (nSPS) is 18.5. The molecular weight excluding hydrogens is 364 g/mol. The van der Waals surface area contributed by atoms with Gasteiger partial charge in [0.2, 0.25) is 0 Å². The van der Waals surface area contributed by atoms with Crippen molar-refractivity contribution in [2.24, 2.45) is 0 Å². The Bertz CT molecular complexity index is 902. The second-order valence-corrected chi connectivity index (χ2v) is 7.98. The summed E-state index contributed by atoms with van der Waals surface area (Å²) in [5, 5.41) is 4.84. The summed E-state index contributed by atoms with van der Waals surface area (Å²) in [6, 6.07) is 10.6. The van der Waals surface area contributed by atoms with E-state index in [0.29, 0.717) is 5.92 Å². The zero-order valence-electron chi connectivity index (χ0n) is 16.8. The van der Waals surface area contributed by atoms with Gasteiger partial charge < -0.3 is 9.30 Å². The molecule has 2 aliphatic heterocycles. The maximum absolute atomic E-state index is 5.48. The molecule has 1 saturated heterocycles. The fraction of sp³-hybridized carbons (Fsp3) is 0.500. The lowest BCUT2D eigenvalue weighted by molar-refractivity contribution is 0.0835. The highest BCUT2D eigenvalue weighted by Gasteiger charge is 2.24. The van der Waals surface area contributed by atoms with Crippen LogP contribution in [0.15, 0.2) is 42.7 Å². The van der Waals surface area contributed by atoms with Crippen LogP contribution in [0, 0.1) is 0 Å². The Kier molecular flexibility index (Phi) is 5.41. The van der Waals surface area contributed by atoms with Gasteiger partial charge in [-0.15, -0.1) is 0 Å². The van der Waals surface area contributed by atoms with Crippen molar-refractivity contribution in [1.29, 1.82) is 0 Å². The number of hydrogen-bond acceptors (Lipinski definition) is 5. The molecule has 29 heavy (non-hydrogen) atoms. The lowest BCUT2D eigenvalue weighted by Crippen LogP contribution is -2.28. The first-order chi connectivity index (χ1) is 14.3. The highest BCUT2D eigenvalue weighted by atomic mass is 16.5. The fourth-order valence-electron chi connectivity index (χ4n) is 4.27. The number of aromatic nitrogens is 5. The molecule has 7 heteroatoms. The molecule has 0 radical (unpaired) electrons. The van der Waals surface area contributed by atoms with Crippen molar-refractivity contribution in [3.63, 3.8) is 0 Å². The SMILES string of the molecule is c1ccc(Cn2ccnc2CN2CCc3nc(C4CCOCC4)nn3CC2)cc1. The number of imidazole rings is 1. The first-order valence-corrected chi connectivity index (χ1v) is 10.6. The summed E-state index contributed by atoms with van der Waals surface area (Å²) in [6.07, 6.45) is 7.00. The summed E-state index contributed by atoms with van der Waals surface area (Å²) in [4.78, 5) is 12.0. The van der Waals surface area contributed by atoms with Crippen LogP contribution < -0.4 is 0 Å². The van der Waals surface area contributed by atoms with E-state index in [4.69, 9.17) is 14.8 Å². The second-order valence-electron chi connectivity index (χ2n) is 7.98. The van der Waals surface area contributed by atoms with Gasteiger partial charge in [-0.1, -0.05) is 30.3 Å². The number of fused-ring (bicyclic) bond motifs is 1. The van der Waals surface area contributed by atoms with Crippen molar-refractivity contribution in [2.45, 2.75) is 44.8 Å². The summed E-state index contributed by atoms with van der Waals surface area (Å²) in [5.41, 5.74) is 1.30. The molecule has 0 amide bonds. The van der Waals surface area contributed by atoms with Gasteiger partial charge in [-0.2, -0.15) is 5.10 Å². The Morgan fingerprint density at radius 2 is 1.86 bits per heavy atom. The Morgan fingerprint density at radius 1 is 1.00 bits per heavy atom. The quantitative estimate of drug-likeness (QED) is 0.668. The summed E-state index contributed by atoms with van der Waals surface area (Å²) < 4.78 is 9.85. The van der Waals surface area contributed by atoms with Crippen molar-refractivity contribution < 1.29 is 4.74 Å². The standard InChI is InChI=1S/C22H28N6O/c1-2-4-18(5-3-1)16-27-11-9-23-21(27)17-26-10-6-20-24-22(25-28(20)13-12-26)19-7-14-29-15-8-19/h1-5,9,11,19H,6-8,10,12-17H2. The minimum atomic E-state index is 0.463. The van der Waals surface area contributed by atoms with E-state index in [2.05, 4.69) is 55.7 Å². The van der Waals surface area contributed by atoms with Crippen LogP contribution in [0.25, 0.3) is 0 Å². The van der Waals surface area contributed by atoms with E-state index in [-0.39, 0.29) is 0 Å². The highest BCUT2D eigenvalue weighted by Crippen LogP contribution is 2.25. The maximum Gasteiger partial charge on any atom is 0.154 e. The monoisotopic (exact) mass is 392 g/mol. The Labute approximate surface area is 171 Å². The van der Waals surface area contributed by atoms with E-state index in [1.54, 1.807) is 0 Å². The minimum absolute atomic E-state index is 0.463. The van der Waals surface area contributed by atoms with Crippen LogP contribution in [0.4, 0.5) is 0 Å². The predicted octanol–water partition coefficient (Wildman–Crippen LogP) is 2.48. The minimum Gasteiger partial charge on any atom is -0.381 e.